The van der Waals surface area contributed by atoms with Gasteiger partial charge in [0, 0.05) is 18.5 Å². The van der Waals surface area contributed by atoms with E-state index in [4.69, 9.17) is 4.74 Å². The smallest absolute Gasteiger partial charge is 0.260 e. The summed E-state index contributed by atoms with van der Waals surface area (Å²) in [7, 11) is 0. The maximum absolute atomic E-state index is 14.1. The molecule has 172 valence electrons. The van der Waals surface area contributed by atoms with E-state index in [2.05, 4.69) is 5.32 Å². The standard InChI is InChI=1S/C26H33FN2O3/c1-6-13-28-24(30)17(2)32-21-11-10-18-12-14-29(25(31)26(3,4)5)23(22(18)16-21)19-8-7-9-20(27)15-19/h7-11,15-17,23H,6,12-14H2,1-5H3,(H,28,30)/t17-,23+/m0/s1. The minimum Gasteiger partial charge on any atom is -0.481 e. The van der Waals surface area contributed by atoms with Crippen molar-refractivity contribution in [3.8, 4) is 5.75 Å². The molecule has 0 bridgehead atoms. The molecule has 0 saturated heterocycles. The lowest BCUT2D eigenvalue weighted by Gasteiger charge is -2.41. The van der Waals surface area contributed by atoms with Crippen LogP contribution >= 0.6 is 0 Å². The molecular formula is C26H33FN2O3. The molecule has 0 unspecified atom stereocenters. The van der Waals surface area contributed by atoms with Gasteiger partial charge in [-0.2, -0.15) is 0 Å². The molecule has 5 nitrogen and oxygen atoms in total. The monoisotopic (exact) mass is 440 g/mol. The molecule has 6 heteroatoms. The summed E-state index contributed by atoms with van der Waals surface area (Å²) in [5.41, 5.74) is 2.14. The predicted octanol–water partition coefficient (Wildman–Crippen LogP) is 4.64. The summed E-state index contributed by atoms with van der Waals surface area (Å²) in [6.45, 7) is 10.5. The predicted molar refractivity (Wildman–Crippen MR) is 123 cm³/mol. The highest BCUT2D eigenvalue weighted by molar-refractivity contribution is 5.83. The van der Waals surface area contributed by atoms with E-state index in [1.54, 1.807) is 13.0 Å². The Labute approximate surface area is 190 Å². The van der Waals surface area contributed by atoms with Crippen LogP contribution in [0.1, 0.15) is 63.8 Å². The highest BCUT2D eigenvalue weighted by atomic mass is 19.1. The number of amides is 2. The first kappa shape index (κ1) is 23.8. The second-order valence-corrected chi connectivity index (χ2v) is 9.37. The van der Waals surface area contributed by atoms with E-state index in [1.807, 2.05) is 56.9 Å². The number of halogens is 1. The van der Waals surface area contributed by atoms with Crippen LogP contribution in [0.4, 0.5) is 4.39 Å². The average Bonchev–Trinajstić information content (AvgIpc) is 2.75. The third-order valence-electron chi connectivity index (χ3n) is 5.64. The van der Waals surface area contributed by atoms with Gasteiger partial charge in [0.25, 0.3) is 5.91 Å². The van der Waals surface area contributed by atoms with E-state index in [1.165, 1.54) is 12.1 Å². The summed E-state index contributed by atoms with van der Waals surface area (Å²) in [5, 5.41) is 2.84. The van der Waals surface area contributed by atoms with E-state index in [0.29, 0.717) is 25.3 Å². The topological polar surface area (TPSA) is 58.6 Å². The van der Waals surface area contributed by atoms with E-state index in [0.717, 1.165) is 23.1 Å². The highest BCUT2D eigenvalue weighted by Crippen LogP contribution is 2.39. The highest BCUT2D eigenvalue weighted by Gasteiger charge is 2.37. The van der Waals surface area contributed by atoms with Crippen molar-refractivity contribution in [2.45, 2.75) is 59.6 Å². The molecule has 0 fully saturated rings. The fourth-order valence-electron chi connectivity index (χ4n) is 4.00. The lowest BCUT2D eigenvalue weighted by Crippen LogP contribution is -2.45. The van der Waals surface area contributed by atoms with Crippen LogP contribution in [0.2, 0.25) is 0 Å². The van der Waals surface area contributed by atoms with Gasteiger partial charge in [-0.05, 0) is 60.7 Å². The summed E-state index contributed by atoms with van der Waals surface area (Å²) < 4.78 is 20.1. The molecule has 1 N–H and O–H groups in total. The maximum atomic E-state index is 14.1. The maximum Gasteiger partial charge on any atom is 0.260 e. The van der Waals surface area contributed by atoms with Crippen LogP contribution in [0.5, 0.6) is 5.75 Å². The van der Waals surface area contributed by atoms with Crippen LogP contribution in [0.3, 0.4) is 0 Å². The van der Waals surface area contributed by atoms with Crippen LogP contribution in [0.15, 0.2) is 42.5 Å². The van der Waals surface area contributed by atoms with Gasteiger partial charge in [0.1, 0.15) is 11.6 Å². The molecule has 1 heterocycles. The second-order valence-electron chi connectivity index (χ2n) is 9.37. The summed E-state index contributed by atoms with van der Waals surface area (Å²) in [5.74, 6) is 0.0487. The minimum absolute atomic E-state index is 0.0102. The molecule has 1 aliphatic heterocycles. The van der Waals surface area contributed by atoms with Crippen molar-refractivity contribution in [3.05, 3.63) is 65.0 Å². The van der Waals surface area contributed by atoms with Gasteiger partial charge in [0.2, 0.25) is 5.91 Å². The van der Waals surface area contributed by atoms with Crippen molar-refractivity contribution in [2.24, 2.45) is 5.41 Å². The van der Waals surface area contributed by atoms with Gasteiger partial charge in [-0.15, -0.1) is 0 Å². The molecule has 0 saturated carbocycles. The molecule has 0 aromatic heterocycles. The Kier molecular flexibility index (Phi) is 7.22. The molecule has 0 spiro atoms. The van der Waals surface area contributed by atoms with E-state index in [-0.39, 0.29) is 17.6 Å². The van der Waals surface area contributed by atoms with Crippen LogP contribution in [-0.4, -0.2) is 35.9 Å². The molecular weight excluding hydrogens is 407 g/mol. The molecule has 2 aromatic rings. The van der Waals surface area contributed by atoms with Crippen molar-refractivity contribution < 1.29 is 18.7 Å². The Hall–Kier alpha value is -2.89. The summed E-state index contributed by atoms with van der Waals surface area (Å²) in [4.78, 5) is 27.4. The fraction of sp³-hybridized carbons (Fsp3) is 0.462. The Balaban J connectivity index is 1.99. The number of hydrogen-bond donors (Lipinski definition) is 1. The van der Waals surface area contributed by atoms with Crippen LogP contribution in [0, 0.1) is 11.2 Å². The number of ether oxygens (including phenoxy) is 1. The number of benzene rings is 2. The zero-order chi connectivity index (χ0) is 23.5. The number of nitrogens with one attached hydrogen (secondary N) is 1. The molecule has 2 aromatic carbocycles. The number of fused-ring (bicyclic) bond motifs is 1. The third kappa shape index (κ3) is 5.29. The van der Waals surface area contributed by atoms with Gasteiger partial charge < -0.3 is 15.0 Å². The zero-order valence-electron chi connectivity index (χ0n) is 19.6. The Morgan fingerprint density at radius 2 is 1.97 bits per heavy atom. The van der Waals surface area contributed by atoms with Crippen LogP contribution in [0.25, 0.3) is 0 Å². The van der Waals surface area contributed by atoms with Crippen molar-refractivity contribution in [1.29, 1.82) is 0 Å². The Morgan fingerprint density at radius 3 is 2.62 bits per heavy atom. The third-order valence-corrected chi connectivity index (χ3v) is 5.64. The molecule has 1 aliphatic rings. The zero-order valence-corrected chi connectivity index (χ0v) is 19.6. The van der Waals surface area contributed by atoms with Crippen molar-refractivity contribution in [1.82, 2.24) is 10.2 Å². The lowest BCUT2D eigenvalue weighted by atomic mass is 9.85. The number of hydrogen-bond acceptors (Lipinski definition) is 3. The van der Waals surface area contributed by atoms with Gasteiger partial charge in [-0.3, -0.25) is 9.59 Å². The van der Waals surface area contributed by atoms with Crippen molar-refractivity contribution in [3.63, 3.8) is 0 Å². The minimum atomic E-state index is -0.650. The van der Waals surface area contributed by atoms with Crippen LogP contribution < -0.4 is 10.1 Å². The molecule has 0 radical (unpaired) electrons. The van der Waals surface area contributed by atoms with Gasteiger partial charge in [0.15, 0.2) is 6.10 Å². The first-order valence-corrected chi connectivity index (χ1v) is 11.3. The molecule has 0 aliphatic carbocycles. The Bertz CT molecular complexity index is 983. The summed E-state index contributed by atoms with van der Waals surface area (Å²) >= 11 is 0. The first-order valence-electron chi connectivity index (χ1n) is 11.3. The normalized spacial score (nSPS) is 16.8. The van der Waals surface area contributed by atoms with E-state index < -0.39 is 17.6 Å². The van der Waals surface area contributed by atoms with Crippen molar-refractivity contribution in [2.75, 3.05) is 13.1 Å². The van der Waals surface area contributed by atoms with Gasteiger partial charge in [-0.1, -0.05) is 45.9 Å². The molecule has 3 rings (SSSR count). The summed E-state index contributed by atoms with van der Waals surface area (Å²) in [6.07, 6.45) is 0.906. The Morgan fingerprint density at radius 1 is 1.22 bits per heavy atom. The number of rotatable bonds is 6. The lowest BCUT2D eigenvalue weighted by molar-refractivity contribution is -0.141. The number of carbonyl (C=O) groups excluding carboxylic acids is 2. The average molecular weight is 441 g/mol. The van der Waals surface area contributed by atoms with E-state index in [9.17, 15) is 14.0 Å². The van der Waals surface area contributed by atoms with Crippen LogP contribution in [-0.2, 0) is 16.0 Å². The molecule has 2 amide bonds. The number of nitrogens with zero attached hydrogens (tertiary/aromatic N) is 1. The van der Waals surface area contributed by atoms with E-state index >= 15 is 0 Å². The summed E-state index contributed by atoms with van der Waals surface area (Å²) in [6, 6.07) is 11.7. The van der Waals surface area contributed by atoms with Crippen molar-refractivity contribution >= 4 is 11.8 Å². The van der Waals surface area contributed by atoms with Gasteiger partial charge >= 0.3 is 0 Å². The second kappa shape index (κ2) is 9.72. The van der Waals surface area contributed by atoms with Gasteiger partial charge in [-0.25, -0.2) is 4.39 Å². The largest absolute Gasteiger partial charge is 0.481 e. The van der Waals surface area contributed by atoms with Gasteiger partial charge in [0.05, 0.1) is 6.04 Å². The quantitative estimate of drug-likeness (QED) is 0.712. The molecule has 32 heavy (non-hydrogen) atoms. The molecule has 2 atom stereocenters. The SMILES string of the molecule is CCCNC(=O)[C@H](C)Oc1ccc2c(c1)[C@@H](c1cccc(F)c1)N(C(=O)C(C)(C)C)CC2. The first-order chi connectivity index (χ1) is 15.1. The fourth-order valence-corrected chi connectivity index (χ4v) is 4.00. The number of carbonyl (C=O) groups is 2.